The van der Waals surface area contributed by atoms with Gasteiger partial charge in [-0.3, -0.25) is 0 Å². The molecular formula is C29H50O3. The van der Waals surface area contributed by atoms with Gasteiger partial charge in [0.25, 0.3) is 0 Å². The predicted molar refractivity (Wildman–Crippen MR) is 129 cm³/mol. The Balaban J connectivity index is 1.35. The molecule has 0 aromatic rings. The number of hydrogen-bond acceptors (Lipinski definition) is 3. The second-order valence-corrected chi connectivity index (χ2v) is 13.7. The van der Waals surface area contributed by atoms with Gasteiger partial charge in [-0.15, -0.1) is 0 Å². The molecule has 5 rings (SSSR count). The zero-order valence-corrected chi connectivity index (χ0v) is 21.8. The highest BCUT2D eigenvalue weighted by Crippen LogP contribution is 2.72. The van der Waals surface area contributed by atoms with E-state index in [0.29, 0.717) is 17.8 Å². The molecule has 10 unspecified atom stereocenters. The zero-order chi connectivity index (χ0) is 22.9. The van der Waals surface area contributed by atoms with Crippen molar-refractivity contribution in [3.05, 3.63) is 0 Å². The molecule has 2 saturated heterocycles. The van der Waals surface area contributed by atoms with Crippen LogP contribution in [-0.2, 0) is 9.47 Å². The molecule has 2 aliphatic heterocycles. The van der Waals surface area contributed by atoms with Crippen molar-refractivity contribution in [3.63, 3.8) is 0 Å². The van der Waals surface area contributed by atoms with Gasteiger partial charge in [0, 0.05) is 25.4 Å². The fourth-order valence-corrected chi connectivity index (χ4v) is 10.3. The van der Waals surface area contributed by atoms with Gasteiger partial charge in [-0.2, -0.15) is 0 Å². The van der Waals surface area contributed by atoms with Gasteiger partial charge >= 0.3 is 0 Å². The van der Waals surface area contributed by atoms with Crippen molar-refractivity contribution in [2.24, 2.45) is 46.3 Å². The van der Waals surface area contributed by atoms with Crippen molar-refractivity contribution >= 4 is 0 Å². The molecule has 2 bridgehead atoms. The molecule has 0 radical (unpaired) electrons. The van der Waals surface area contributed by atoms with Crippen LogP contribution in [-0.4, -0.2) is 29.7 Å². The number of hydrogen-bond donors (Lipinski definition) is 1. The largest absolute Gasteiger partial charge is 0.390 e. The van der Waals surface area contributed by atoms with E-state index in [-0.39, 0.29) is 17.1 Å². The summed E-state index contributed by atoms with van der Waals surface area (Å²) in [7, 11) is 1.77. The van der Waals surface area contributed by atoms with Crippen molar-refractivity contribution in [2.75, 3.05) is 7.11 Å². The molecule has 1 N–H and O–H groups in total. The van der Waals surface area contributed by atoms with Crippen molar-refractivity contribution < 1.29 is 14.6 Å². The van der Waals surface area contributed by atoms with E-state index < -0.39 is 5.79 Å². The molecule has 5 fully saturated rings. The lowest BCUT2D eigenvalue weighted by molar-refractivity contribution is -0.331. The highest BCUT2D eigenvalue weighted by Gasteiger charge is 2.73. The van der Waals surface area contributed by atoms with Gasteiger partial charge in [0.1, 0.15) is 5.60 Å². The van der Waals surface area contributed by atoms with E-state index in [1.54, 1.807) is 7.11 Å². The van der Waals surface area contributed by atoms with Crippen LogP contribution in [0.3, 0.4) is 0 Å². The molecule has 0 aromatic heterocycles. The average molecular weight is 447 g/mol. The molecule has 0 aromatic carbocycles. The van der Waals surface area contributed by atoms with Crippen LogP contribution in [0.4, 0.5) is 0 Å². The number of fused-ring (bicyclic) bond motifs is 5. The standard InChI is InChI=1S/C29H50O3/c1-19(2)8-7-9-20(3)22-10-11-23-21-12-15-29-25(30)18-28(31-6,32-29)17-16-27(29,5)24(21)13-14-26(22,23)4/h19-25,30H,7-18H2,1-6H3. The molecule has 3 heteroatoms. The number of ether oxygens (including phenoxy) is 2. The Bertz CT molecular complexity index is 707. The summed E-state index contributed by atoms with van der Waals surface area (Å²) in [5.74, 6) is 4.48. The van der Waals surface area contributed by atoms with E-state index in [4.69, 9.17) is 9.47 Å². The molecule has 10 atom stereocenters. The highest BCUT2D eigenvalue weighted by molar-refractivity contribution is 5.20. The molecule has 184 valence electrons. The van der Waals surface area contributed by atoms with Crippen LogP contribution in [0.2, 0.25) is 0 Å². The Morgan fingerprint density at radius 2 is 1.72 bits per heavy atom. The summed E-state index contributed by atoms with van der Waals surface area (Å²) >= 11 is 0. The predicted octanol–water partition coefficient (Wildman–Crippen LogP) is 6.96. The van der Waals surface area contributed by atoms with Crippen molar-refractivity contribution in [2.45, 2.75) is 129 Å². The van der Waals surface area contributed by atoms with E-state index in [0.717, 1.165) is 48.9 Å². The smallest absolute Gasteiger partial charge is 0.171 e. The monoisotopic (exact) mass is 446 g/mol. The van der Waals surface area contributed by atoms with E-state index >= 15 is 0 Å². The number of aliphatic hydroxyl groups excluding tert-OH is 1. The lowest BCUT2D eigenvalue weighted by atomic mass is 9.44. The first kappa shape index (κ1) is 23.6. The molecule has 2 heterocycles. The first-order valence-corrected chi connectivity index (χ1v) is 14.0. The molecule has 3 saturated carbocycles. The maximum atomic E-state index is 11.3. The summed E-state index contributed by atoms with van der Waals surface area (Å²) in [5, 5.41) is 11.3. The molecule has 1 spiro atoms. The lowest BCUT2D eigenvalue weighted by Gasteiger charge is -2.65. The summed E-state index contributed by atoms with van der Waals surface area (Å²) in [6, 6.07) is 0. The maximum absolute atomic E-state index is 11.3. The number of aliphatic hydroxyl groups is 1. The number of rotatable bonds is 6. The van der Waals surface area contributed by atoms with Crippen LogP contribution in [0.5, 0.6) is 0 Å². The molecule has 5 aliphatic rings. The quantitative estimate of drug-likeness (QED) is 0.479. The van der Waals surface area contributed by atoms with Crippen LogP contribution < -0.4 is 0 Å². The maximum Gasteiger partial charge on any atom is 0.171 e. The Hall–Kier alpha value is -0.120. The third-order valence-electron chi connectivity index (χ3n) is 12.1. The highest BCUT2D eigenvalue weighted by atomic mass is 16.7. The average Bonchev–Trinajstić information content (AvgIpc) is 3.22. The second kappa shape index (κ2) is 7.95. The van der Waals surface area contributed by atoms with Crippen molar-refractivity contribution in [1.82, 2.24) is 0 Å². The normalized spacial score (nSPS) is 53.1. The molecule has 3 aliphatic carbocycles. The van der Waals surface area contributed by atoms with E-state index in [2.05, 4.69) is 34.6 Å². The Kier molecular flexibility index (Phi) is 5.87. The van der Waals surface area contributed by atoms with Gasteiger partial charge in [0.05, 0.1) is 6.10 Å². The Labute approximate surface area is 197 Å². The van der Waals surface area contributed by atoms with Crippen LogP contribution >= 0.6 is 0 Å². The SMILES string of the molecule is COC12CCC3(C)C4CCC5(C)C(C(C)CCCC(C)C)CCC5C4CCC3(O1)C(O)C2. The van der Waals surface area contributed by atoms with Crippen molar-refractivity contribution in [1.29, 1.82) is 0 Å². The summed E-state index contributed by atoms with van der Waals surface area (Å²) in [4.78, 5) is 0. The third-order valence-corrected chi connectivity index (χ3v) is 12.1. The van der Waals surface area contributed by atoms with E-state index in [1.165, 1.54) is 51.4 Å². The minimum absolute atomic E-state index is 0.0934. The molecule has 0 amide bonds. The Morgan fingerprint density at radius 3 is 2.44 bits per heavy atom. The van der Waals surface area contributed by atoms with Gasteiger partial charge in [-0.1, -0.05) is 53.9 Å². The van der Waals surface area contributed by atoms with E-state index in [1.807, 2.05) is 0 Å². The molecular weight excluding hydrogens is 396 g/mol. The fraction of sp³-hybridized carbons (Fsp3) is 1.00. The minimum atomic E-state index is -0.529. The van der Waals surface area contributed by atoms with Crippen LogP contribution in [0.1, 0.15) is 112 Å². The van der Waals surface area contributed by atoms with Crippen LogP contribution in [0, 0.1) is 46.3 Å². The summed E-state index contributed by atoms with van der Waals surface area (Å²) in [5.41, 5.74) is 0.244. The topological polar surface area (TPSA) is 38.7 Å². The Morgan fingerprint density at radius 1 is 0.938 bits per heavy atom. The van der Waals surface area contributed by atoms with Gasteiger partial charge in [0.2, 0.25) is 0 Å². The van der Waals surface area contributed by atoms with Gasteiger partial charge in [-0.25, -0.2) is 0 Å². The van der Waals surface area contributed by atoms with Gasteiger partial charge in [0.15, 0.2) is 5.79 Å². The first-order chi connectivity index (χ1) is 15.1. The minimum Gasteiger partial charge on any atom is -0.390 e. The lowest BCUT2D eigenvalue weighted by Crippen LogP contribution is -2.65. The molecule has 3 nitrogen and oxygen atoms in total. The van der Waals surface area contributed by atoms with Crippen LogP contribution in [0.15, 0.2) is 0 Å². The fourth-order valence-electron chi connectivity index (χ4n) is 10.3. The third kappa shape index (κ3) is 3.15. The first-order valence-electron chi connectivity index (χ1n) is 14.0. The van der Waals surface area contributed by atoms with Gasteiger partial charge in [-0.05, 0) is 85.9 Å². The summed E-state index contributed by atoms with van der Waals surface area (Å²) < 4.78 is 12.6. The molecule has 32 heavy (non-hydrogen) atoms. The van der Waals surface area contributed by atoms with Crippen molar-refractivity contribution in [3.8, 4) is 0 Å². The number of methoxy groups -OCH3 is 1. The summed E-state index contributed by atoms with van der Waals surface area (Å²) in [6.07, 6.45) is 14.4. The summed E-state index contributed by atoms with van der Waals surface area (Å²) in [6.45, 7) is 12.5. The second-order valence-electron chi connectivity index (χ2n) is 13.7. The van der Waals surface area contributed by atoms with Gasteiger partial charge < -0.3 is 14.6 Å². The zero-order valence-electron chi connectivity index (χ0n) is 21.8. The van der Waals surface area contributed by atoms with Crippen LogP contribution in [0.25, 0.3) is 0 Å². The van der Waals surface area contributed by atoms with E-state index in [9.17, 15) is 5.11 Å².